The third-order valence-electron chi connectivity index (χ3n) is 11.4. The Hall–Kier alpha value is -4.08. The minimum Gasteiger partial charge on any atom is -0.325 e. The van der Waals surface area contributed by atoms with E-state index in [4.69, 9.17) is 0 Å². The molecule has 0 unspecified atom stereocenters. The Morgan fingerprint density at radius 3 is 0.368 bits per heavy atom. The smallest absolute Gasteiger partial charge is 0.239 e. The zero-order chi connectivity index (χ0) is 56.2. The highest BCUT2D eigenvalue weighted by Gasteiger charge is 2.53. The van der Waals surface area contributed by atoms with Gasteiger partial charge in [0.2, 0.25) is 116 Å². The van der Waals surface area contributed by atoms with Gasteiger partial charge >= 0.3 is 0 Å². The lowest BCUT2D eigenvalue weighted by Gasteiger charge is -2.16. The van der Waals surface area contributed by atoms with Gasteiger partial charge in [0, 0.05) is 127 Å². The second-order valence-electron chi connectivity index (χ2n) is 15.3. The van der Waals surface area contributed by atoms with Gasteiger partial charge in [-0.1, -0.05) is 0 Å². The molecular weight excluding hydrogens is 1600 g/mol. The number of rotatable bonds is 4. The molecule has 0 atom stereocenters. The van der Waals surface area contributed by atoms with Crippen molar-refractivity contribution < 1.29 is 87.8 Å². The molecule has 4 nitrogen and oxygen atoms in total. The largest absolute Gasteiger partial charge is 0.325 e. The van der Waals surface area contributed by atoms with Gasteiger partial charge in [-0.25, -0.2) is 0 Å². The highest BCUT2D eigenvalue weighted by Crippen LogP contribution is 2.55. The summed E-state index contributed by atoms with van der Waals surface area (Å²) in [6.45, 7) is 0. The first-order valence-electron chi connectivity index (χ1n) is 19.3. The van der Waals surface area contributed by atoms with Gasteiger partial charge in [-0.15, -0.1) is 0 Å². The van der Waals surface area contributed by atoms with Crippen LogP contribution in [0, 0.1) is 140 Å². The van der Waals surface area contributed by atoms with E-state index in [2.05, 4.69) is 147 Å². The van der Waals surface area contributed by atoms with E-state index in [1.54, 1.807) is 0 Å². The Balaban J connectivity index is 1.56. The standard InChI is InChI=1S/C44H4Br8F20N4/c45-9-11(47)39-6(2-19(55)27(63)34(70)28(64)20(2)56)41-13(49)15(51)43(75-41)8(4-23(59)31(67)36(72)32(68)24(4)60)44-16(52)14(50)42(76-44)7(3-21(57)29(65)35(71)30(66)22(3)58)40-12(48)10(46)38(74-40)5(37(9)73-39)1-17(53)25(61)33(69)26(62)18(1)54/h73-76H/q+4. The van der Waals surface area contributed by atoms with Gasteiger partial charge in [-0.05, 0) is 0 Å². The van der Waals surface area contributed by atoms with Crippen LogP contribution in [0.1, 0.15) is 67.8 Å². The Kier molecular flexibility index (Phi) is 14.8. The number of aromatic amines is 4. The van der Waals surface area contributed by atoms with Crippen molar-refractivity contribution in [2.75, 3.05) is 0 Å². The summed E-state index contributed by atoms with van der Waals surface area (Å²) < 4.78 is 307. The Morgan fingerprint density at radius 1 is 0.171 bits per heavy atom. The molecule has 8 aromatic rings. The topological polar surface area (TPSA) is 63.2 Å². The van der Waals surface area contributed by atoms with Crippen LogP contribution in [0.5, 0.6) is 0 Å². The molecule has 4 N–H and O–H groups in total. The minimum absolute atomic E-state index is 0.744. The SMILES string of the molecule is Fc1c(F)c(F)c([C+]2c3[nH]c(c(Br)c3Br)[C+](c3c(F)c(F)c(F)c(F)c3F)c3[nH]c(c(Br)c3Br)[C+](c3c(F)c(F)c(F)c(F)c3F)c3[nH]c(c(Br)c3Br)[C+](c3c(F)c(F)c(F)c(F)c3F)c3[nH]c2c(Br)c3Br)c(F)c1F. The number of H-pyrrole nitrogens is 4. The van der Waals surface area contributed by atoms with E-state index >= 15 is 70.2 Å². The lowest BCUT2D eigenvalue weighted by atomic mass is 9.90. The third-order valence-corrected chi connectivity index (χ3v) is 19.8. The third kappa shape index (κ3) is 7.99. The maximum Gasteiger partial charge on any atom is 0.239 e. The number of nitrogens with one attached hydrogen (secondary N) is 4. The van der Waals surface area contributed by atoms with Crippen LogP contribution in [0.4, 0.5) is 87.8 Å². The molecule has 0 aliphatic carbocycles. The number of hydrogen-bond acceptors (Lipinski definition) is 0. The molecule has 0 amide bonds. The molecule has 4 aromatic carbocycles. The lowest BCUT2D eigenvalue weighted by molar-refractivity contribution is 0.373. The number of benzene rings is 4. The zero-order valence-electron chi connectivity index (χ0n) is 34.6. The van der Waals surface area contributed by atoms with Crippen LogP contribution in [0.15, 0.2) is 35.8 Å². The highest BCUT2D eigenvalue weighted by atomic mass is 79.9. The van der Waals surface area contributed by atoms with Gasteiger partial charge in [0.05, 0.1) is 0 Å². The summed E-state index contributed by atoms with van der Waals surface area (Å²) in [6, 6.07) is 0. The molecule has 32 heteroatoms. The second-order valence-corrected chi connectivity index (χ2v) is 21.6. The summed E-state index contributed by atoms with van der Waals surface area (Å²) in [7, 11) is 0. The fraction of sp³-hybridized carbons (Fsp3) is 0. The van der Waals surface area contributed by atoms with Crippen LogP contribution in [0.25, 0.3) is 0 Å². The number of halogens is 28. The zero-order valence-corrected chi connectivity index (χ0v) is 47.3. The molecule has 0 spiro atoms. The summed E-state index contributed by atoms with van der Waals surface area (Å²) >= 11 is 24.0. The molecule has 0 fully saturated rings. The average Bonchev–Trinajstić information content (AvgIpc) is 4.06. The van der Waals surface area contributed by atoms with Crippen molar-refractivity contribution in [3.63, 3.8) is 0 Å². The Morgan fingerprint density at radius 2 is 0.263 bits per heavy atom. The normalized spacial score (nSPS) is 12.9. The van der Waals surface area contributed by atoms with Crippen molar-refractivity contribution in [3.05, 3.63) is 244 Å². The van der Waals surface area contributed by atoms with E-state index in [1.165, 1.54) is 0 Å². The fourth-order valence-corrected chi connectivity index (χ4v) is 12.0. The van der Waals surface area contributed by atoms with Crippen LogP contribution in [-0.4, -0.2) is 19.9 Å². The molecule has 0 saturated carbocycles. The lowest BCUT2D eigenvalue weighted by Crippen LogP contribution is -2.19. The van der Waals surface area contributed by atoms with E-state index in [-0.39, 0.29) is 0 Å². The van der Waals surface area contributed by atoms with Gasteiger partial charge in [0.15, 0.2) is 22.3 Å². The summed E-state index contributed by atoms with van der Waals surface area (Å²) in [5.74, 6) is -59.0. The maximum absolute atomic E-state index is 16.4. The molecule has 1 aliphatic heterocycles. The molecule has 5 heterocycles. The molecule has 9 rings (SSSR count). The monoisotopic (exact) mass is 1600 g/mol. The Labute approximate surface area is 474 Å². The molecule has 8 bridgehead atoms. The van der Waals surface area contributed by atoms with Crippen molar-refractivity contribution in [2.45, 2.75) is 0 Å². The van der Waals surface area contributed by atoms with Gasteiger partial charge in [0.1, 0.15) is 105 Å². The van der Waals surface area contributed by atoms with Gasteiger partial charge in [-0.3, -0.25) is 0 Å². The minimum atomic E-state index is -2.76. The van der Waals surface area contributed by atoms with Gasteiger partial charge in [0.25, 0.3) is 0 Å². The molecule has 392 valence electrons. The fourth-order valence-electron chi connectivity index (χ4n) is 7.99. The van der Waals surface area contributed by atoms with Crippen molar-refractivity contribution >= 4 is 127 Å². The van der Waals surface area contributed by atoms with E-state index in [1.807, 2.05) is 0 Å². The quantitative estimate of drug-likeness (QED) is 0.0587. The molecule has 1 aliphatic rings. The summed E-state index contributed by atoms with van der Waals surface area (Å²) in [5.41, 5.74) is -16.1. The molecule has 76 heavy (non-hydrogen) atoms. The van der Waals surface area contributed by atoms with Gasteiger partial charge in [-0.2, -0.15) is 87.8 Å². The number of hydrogen-bond donors (Lipinski definition) is 4. The van der Waals surface area contributed by atoms with Crippen LogP contribution in [0.3, 0.4) is 0 Å². The van der Waals surface area contributed by atoms with Crippen molar-refractivity contribution in [3.8, 4) is 0 Å². The van der Waals surface area contributed by atoms with Crippen LogP contribution in [-0.2, 0) is 0 Å². The molecule has 0 saturated heterocycles. The number of aromatic nitrogens is 4. The number of fused-ring (bicyclic) bond motifs is 8. The Bertz CT molecular complexity index is 3180. The van der Waals surface area contributed by atoms with Crippen molar-refractivity contribution in [1.29, 1.82) is 0 Å². The first kappa shape index (κ1) is 56.6. The van der Waals surface area contributed by atoms with Crippen molar-refractivity contribution in [2.24, 2.45) is 0 Å². The predicted octanol–water partition coefficient (Wildman–Crippen LogP) is 18.3. The highest BCUT2D eigenvalue weighted by molar-refractivity contribution is 9.14. The first-order chi connectivity index (χ1) is 35.4. The average molecular weight is 1610 g/mol. The molecule has 4 aromatic heterocycles. The summed E-state index contributed by atoms with van der Waals surface area (Å²) in [6.07, 6.45) is 0. The maximum atomic E-state index is 16.4. The van der Waals surface area contributed by atoms with E-state index in [9.17, 15) is 17.6 Å². The van der Waals surface area contributed by atoms with Gasteiger partial charge < -0.3 is 19.9 Å². The predicted molar refractivity (Wildman–Crippen MR) is 252 cm³/mol. The second kappa shape index (κ2) is 19.9. The van der Waals surface area contributed by atoms with E-state index < -0.39 is 244 Å². The van der Waals surface area contributed by atoms with E-state index in [0.717, 1.165) is 0 Å². The van der Waals surface area contributed by atoms with Crippen LogP contribution < -0.4 is 0 Å². The van der Waals surface area contributed by atoms with Crippen LogP contribution in [0.2, 0.25) is 0 Å². The van der Waals surface area contributed by atoms with Crippen LogP contribution >= 0.6 is 127 Å². The first-order valence-corrected chi connectivity index (χ1v) is 25.6. The molecular formula is C44H4Br8F20N4+4. The summed E-state index contributed by atoms with van der Waals surface area (Å²) in [5, 5.41) is 0. The summed E-state index contributed by atoms with van der Waals surface area (Å²) in [4.78, 5) is 9.36. The van der Waals surface area contributed by atoms with Crippen molar-refractivity contribution in [1.82, 2.24) is 19.9 Å². The molecule has 0 radical (unpaired) electrons. The van der Waals surface area contributed by atoms with E-state index in [0.29, 0.717) is 0 Å².